The molecule has 1 amide bonds. The summed E-state index contributed by atoms with van der Waals surface area (Å²) in [6.07, 6.45) is 3.54. The minimum absolute atomic E-state index is 0.153. The number of hydrogen-bond donors (Lipinski definition) is 1. The van der Waals surface area contributed by atoms with E-state index in [-0.39, 0.29) is 17.9 Å². The van der Waals surface area contributed by atoms with Gasteiger partial charge in [0.05, 0.1) is 22.8 Å². The number of aromatic nitrogens is 5. The van der Waals surface area contributed by atoms with E-state index in [1.54, 1.807) is 16.9 Å². The van der Waals surface area contributed by atoms with Crippen molar-refractivity contribution in [1.82, 2.24) is 24.5 Å². The fourth-order valence-corrected chi connectivity index (χ4v) is 3.20. The van der Waals surface area contributed by atoms with Gasteiger partial charge in [0.25, 0.3) is 5.91 Å². The van der Waals surface area contributed by atoms with Gasteiger partial charge in [0.2, 0.25) is 0 Å². The lowest BCUT2D eigenvalue weighted by molar-refractivity contribution is 0.102. The van der Waals surface area contributed by atoms with Crippen LogP contribution in [0, 0.1) is 0 Å². The second-order valence-electron chi connectivity index (χ2n) is 7.60. The second-order valence-corrected chi connectivity index (χ2v) is 7.60. The highest BCUT2D eigenvalue weighted by molar-refractivity contribution is 6.11. The first-order chi connectivity index (χ1) is 13.9. The van der Waals surface area contributed by atoms with Crippen molar-refractivity contribution < 1.29 is 4.79 Å². The Morgan fingerprint density at radius 1 is 1.07 bits per heavy atom. The minimum atomic E-state index is -0.221. The summed E-state index contributed by atoms with van der Waals surface area (Å²) in [5.41, 5.74) is 3.07. The molecule has 4 rings (SSSR count). The molecule has 7 heteroatoms. The monoisotopic (exact) mass is 388 g/mol. The lowest BCUT2D eigenvalue weighted by atomic mass is 10.0. The van der Waals surface area contributed by atoms with E-state index in [4.69, 9.17) is 4.98 Å². The first-order valence-corrected chi connectivity index (χ1v) is 9.74. The van der Waals surface area contributed by atoms with Crippen molar-refractivity contribution >= 4 is 22.8 Å². The van der Waals surface area contributed by atoms with Gasteiger partial charge >= 0.3 is 0 Å². The fraction of sp³-hybridized carbons (Fsp3) is 0.273. The average Bonchev–Trinajstić information content (AvgIpc) is 3.34. The Bertz CT molecular complexity index is 1160. The third-order valence-corrected chi connectivity index (χ3v) is 4.76. The van der Waals surface area contributed by atoms with Gasteiger partial charge in [0, 0.05) is 24.0 Å². The average molecular weight is 388 g/mol. The Labute approximate surface area is 169 Å². The minimum Gasteiger partial charge on any atom is -0.305 e. The number of amides is 1. The smallest absolute Gasteiger partial charge is 0.257 e. The zero-order chi connectivity index (χ0) is 20.5. The van der Waals surface area contributed by atoms with Crippen molar-refractivity contribution in [2.75, 3.05) is 5.32 Å². The summed E-state index contributed by atoms with van der Waals surface area (Å²) in [4.78, 5) is 17.9. The van der Waals surface area contributed by atoms with Crippen molar-refractivity contribution in [3.05, 3.63) is 66.1 Å². The van der Waals surface area contributed by atoms with Crippen LogP contribution >= 0.6 is 0 Å². The van der Waals surface area contributed by atoms with Gasteiger partial charge in [0.15, 0.2) is 11.5 Å². The zero-order valence-corrected chi connectivity index (χ0v) is 17.0. The van der Waals surface area contributed by atoms with E-state index < -0.39 is 0 Å². The summed E-state index contributed by atoms with van der Waals surface area (Å²) in [6.45, 7) is 8.22. The van der Waals surface area contributed by atoms with Gasteiger partial charge in [-0.3, -0.25) is 4.79 Å². The van der Waals surface area contributed by atoms with Crippen LogP contribution in [-0.4, -0.2) is 30.5 Å². The second kappa shape index (κ2) is 7.50. The van der Waals surface area contributed by atoms with Gasteiger partial charge in [-0.25, -0.2) is 14.3 Å². The van der Waals surface area contributed by atoms with E-state index in [2.05, 4.69) is 29.4 Å². The summed E-state index contributed by atoms with van der Waals surface area (Å²) < 4.78 is 3.58. The Kier molecular flexibility index (Phi) is 4.88. The molecule has 0 saturated carbocycles. The molecule has 148 valence electrons. The normalized spacial score (nSPS) is 11.5. The number of para-hydroxylation sites is 1. The van der Waals surface area contributed by atoms with Crippen LogP contribution in [0.25, 0.3) is 16.7 Å². The largest absolute Gasteiger partial charge is 0.305 e. The van der Waals surface area contributed by atoms with Crippen LogP contribution in [0.3, 0.4) is 0 Å². The van der Waals surface area contributed by atoms with Crippen molar-refractivity contribution in [3.63, 3.8) is 0 Å². The number of anilines is 1. The highest BCUT2D eigenvalue weighted by Gasteiger charge is 2.19. The fourth-order valence-electron chi connectivity index (χ4n) is 3.20. The highest BCUT2D eigenvalue weighted by Crippen LogP contribution is 2.25. The maximum atomic E-state index is 13.1. The van der Waals surface area contributed by atoms with Crippen LogP contribution in [0.1, 0.15) is 55.7 Å². The molecule has 4 aromatic rings. The Balaban J connectivity index is 1.69. The molecule has 0 fully saturated rings. The summed E-state index contributed by atoms with van der Waals surface area (Å²) in [6, 6.07) is 13.5. The molecular weight excluding hydrogens is 364 g/mol. The number of nitrogens with zero attached hydrogens (tertiary/aromatic N) is 5. The lowest BCUT2D eigenvalue weighted by Gasteiger charge is -2.12. The molecule has 1 N–H and O–H groups in total. The van der Waals surface area contributed by atoms with Crippen LogP contribution in [0.2, 0.25) is 0 Å². The van der Waals surface area contributed by atoms with Gasteiger partial charge in [-0.05, 0) is 38.0 Å². The molecule has 29 heavy (non-hydrogen) atoms. The predicted molar refractivity (Wildman–Crippen MR) is 114 cm³/mol. The number of hydrogen-bond acceptors (Lipinski definition) is 4. The number of pyridine rings is 1. The van der Waals surface area contributed by atoms with E-state index in [9.17, 15) is 4.79 Å². The summed E-state index contributed by atoms with van der Waals surface area (Å²) in [7, 11) is 0. The van der Waals surface area contributed by atoms with Crippen molar-refractivity contribution in [2.24, 2.45) is 0 Å². The first kappa shape index (κ1) is 18.9. The predicted octanol–water partition coefficient (Wildman–Crippen LogP) is 4.57. The van der Waals surface area contributed by atoms with Crippen LogP contribution in [-0.2, 0) is 0 Å². The molecule has 0 aliphatic rings. The molecule has 0 aliphatic heterocycles. The molecule has 0 spiro atoms. The third kappa shape index (κ3) is 3.63. The van der Waals surface area contributed by atoms with Crippen molar-refractivity contribution in [2.45, 2.75) is 39.7 Å². The molecule has 0 saturated heterocycles. The van der Waals surface area contributed by atoms with Crippen molar-refractivity contribution in [1.29, 1.82) is 0 Å². The Morgan fingerprint density at radius 3 is 2.52 bits per heavy atom. The number of fused-ring (bicyclic) bond motifs is 1. The van der Waals surface area contributed by atoms with Crippen molar-refractivity contribution in [3.8, 4) is 5.69 Å². The quantitative estimate of drug-likeness (QED) is 0.543. The third-order valence-electron chi connectivity index (χ3n) is 4.76. The standard InChI is InChI=1S/C22H24N6O/c1-14(2)19-12-17(18-13-23-28(15(3)4)21(18)24-19)22(29)25-20-10-11-27(26-20)16-8-6-5-7-9-16/h5-15H,1-4H3,(H,25,26,29). The molecular formula is C22H24N6O. The molecule has 3 aromatic heterocycles. The van der Waals surface area contributed by atoms with Crippen LogP contribution in [0.5, 0.6) is 0 Å². The maximum Gasteiger partial charge on any atom is 0.257 e. The molecule has 0 bridgehead atoms. The Hall–Kier alpha value is -3.48. The van der Waals surface area contributed by atoms with E-state index in [1.165, 1.54) is 0 Å². The van der Waals surface area contributed by atoms with Crippen LogP contribution in [0.4, 0.5) is 5.82 Å². The lowest BCUT2D eigenvalue weighted by Crippen LogP contribution is -2.15. The van der Waals surface area contributed by atoms with E-state index >= 15 is 0 Å². The summed E-state index contributed by atoms with van der Waals surface area (Å²) in [5.74, 6) is 0.464. The van der Waals surface area contributed by atoms with Gasteiger partial charge in [0.1, 0.15) is 0 Å². The number of benzene rings is 1. The van der Waals surface area contributed by atoms with E-state index in [0.29, 0.717) is 11.4 Å². The number of carbonyl (C=O) groups is 1. The highest BCUT2D eigenvalue weighted by atomic mass is 16.1. The van der Waals surface area contributed by atoms with Gasteiger partial charge in [-0.2, -0.15) is 10.2 Å². The molecule has 0 radical (unpaired) electrons. The van der Waals surface area contributed by atoms with Crippen LogP contribution in [0.15, 0.2) is 54.9 Å². The number of nitrogens with one attached hydrogen (secondary N) is 1. The SMILES string of the molecule is CC(C)c1cc(C(=O)Nc2ccn(-c3ccccc3)n2)c2cnn(C(C)C)c2n1. The summed E-state index contributed by atoms with van der Waals surface area (Å²) in [5, 5.41) is 12.6. The topological polar surface area (TPSA) is 77.6 Å². The number of carbonyl (C=O) groups excluding carboxylic acids is 1. The maximum absolute atomic E-state index is 13.1. The first-order valence-electron chi connectivity index (χ1n) is 9.74. The molecule has 0 atom stereocenters. The van der Waals surface area contributed by atoms with E-state index in [1.807, 2.05) is 61.1 Å². The molecule has 1 aromatic carbocycles. The molecule has 7 nitrogen and oxygen atoms in total. The molecule has 3 heterocycles. The molecule has 0 aliphatic carbocycles. The zero-order valence-electron chi connectivity index (χ0n) is 17.0. The van der Waals surface area contributed by atoms with Gasteiger partial charge in [-0.1, -0.05) is 32.0 Å². The van der Waals surface area contributed by atoms with Gasteiger partial charge < -0.3 is 5.32 Å². The van der Waals surface area contributed by atoms with Crippen LogP contribution < -0.4 is 5.32 Å². The Morgan fingerprint density at radius 2 is 1.83 bits per heavy atom. The molecule has 0 unspecified atom stereocenters. The van der Waals surface area contributed by atoms with Gasteiger partial charge in [-0.15, -0.1) is 0 Å². The number of rotatable bonds is 5. The summed E-state index contributed by atoms with van der Waals surface area (Å²) >= 11 is 0. The van der Waals surface area contributed by atoms with E-state index in [0.717, 1.165) is 22.4 Å².